The minimum Gasteiger partial charge on any atom is -0.382 e. The van der Waals surface area contributed by atoms with Crippen molar-refractivity contribution in [2.45, 2.75) is 6.73 Å². The fraction of sp³-hybridized carbons (Fsp3) is 0.167. The van der Waals surface area contributed by atoms with E-state index in [1.807, 2.05) is 0 Å². The lowest BCUT2D eigenvalue weighted by molar-refractivity contribution is 0.155. The van der Waals surface area contributed by atoms with Crippen molar-refractivity contribution in [3.05, 3.63) is 12.7 Å². The van der Waals surface area contributed by atoms with E-state index in [2.05, 4.69) is 19.5 Å². The van der Waals surface area contributed by atoms with Crippen LogP contribution < -0.4 is 5.73 Å². The molecule has 86 valence electrons. The average molecular weight is 245 g/mol. The van der Waals surface area contributed by atoms with E-state index >= 15 is 0 Å². The highest BCUT2D eigenvalue weighted by atomic mass is 31.2. The van der Waals surface area contributed by atoms with Gasteiger partial charge in [-0.1, -0.05) is 0 Å². The summed E-state index contributed by atoms with van der Waals surface area (Å²) in [5, 5.41) is 0. The highest BCUT2D eigenvalue weighted by molar-refractivity contribution is 7.46. The second kappa shape index (κ2) is 3.80. The van der Waals surface area contributed by atoms with Gasteiger partial charge in [0.1, 0.15) is 18.6 Å². The van der Waals surface area contributed by atoms with E-state index in [1.54, 1.807) is 0 Å². The van der Waals surface area contributed by atoms with E-state index in [-0.39, 0.29) is 12.5 Å². The molecule has 0 atom stereocenters. The molecule has 0 radical (unpaired) electrons. The van der Waals surface area contributed by atoms with Crippen molar-refractivity contribution < 1.29 is 18.9 Å². The van der Waals surface area contributed by atoms with Crippen LogP contribution in [0.2, 0.25) is 0 Å². The molecule has 2 rings (SSSR count). The summed E-state index contributed by atoms with van der Waals surface area (Å²) < 4.78 is 16.1. The molecule has 0 aliphatic heterocycles. The van der Waals surface area contributed by atoms with Gasteiger partial charge < -0.3 is 15.5 Å². The fourth-order valence-electron chi connectivity index (χ4n) is 1.13. The number of aromatic nitrogens is 4. The summed E-state index contributed by atoms with van der Waals surface area (Å²) in [4.78, 5) is 28.6. The van der Waals surface area contributed by atoms with Crippen LogP contribution in [0.3, 0.4) is 0 Å². The van der Waals surface area contributed by atoms with Crippen molar-refractivity contribution in [1.82, 2.24) is 19.5 Å². The van der Waals surface area contributed by atoms with Gasteiger partial charge in [0.15, 0.2) is 11.5 Å². The minimum absolute atomic E-state index is 0.194. The highest BCUT2D eigenvalue weighted by Crippen LogP contribution is 2.36. The SMILES string of the molecule is Nc1ncnc2c1ncn2COP(=O)(O)O. The predicted octanol–water partition coefficient (Wildman–Crippen LogP) is -0.525. The summed E-state index contributed by atoms with van der Waals surface area (Å²) in [6.45, 7) is -0.364. The van der Waals surface area contributed by atoms with Crippen LogP contribution in [-0.2, 0) is 15.8 Å². The van der Waals surface area contributed by atoms with Gasteiger partial charge in [-0.15, -0.1) is 0 Å². The van der Waals surface area contributed by atoms with E-state index in [1.165, 1.54) is 17.2 Å². The molecule has 0 amide bonds. The molecule has 0 bridgehead atoms. The first-order chi connectivity index (χ1) is 7.47. The summed E-state index contributed by atoms with van der Waals surface area (Å²) in [5.41, 5.74) is 6.24. The van der Waals surface area contributed by atoms with E-state index < -0.39 is 7.82 Å². The maximum absolute atomic E-state index is 10.5. The van der Waals surface area contributed by atoms with Gasteiger partial charge in [-0.2, -0.15) is 0 Å². The van der Waals surface area contributed by atoms with Gasteiger partial charge in [-0.05, 0) is 0 Å². The zero-order valence-electron chi connectivity index (χ0n) is 7.89. The number of phosphoric ester groups is 1. The van der Waals surface area contributed by atoms with Crippen LogP contribution in [0.15, 0.2) is 12.7 Å². The number of nitrogens with zero attached hydrogens (tertiary/aromatic N) is 4. The number of nitrogens with two attached hydrogens (primary N) is 1. The molecule has 16 heavy (non-hydrogen) atoms. The van der Waals surface area contributed by atoms with Crippen molar-refractivity contribution in [2.75, 3.05) is 5.73 Å². The first-order valence-electron chi connectivity index (χ1n) is 4.09. The Morgan fingerprint density at radius 1 is 1.44 bits per heavy atom. The quantitative estimate of drug-likeness (QED) is 0.614. The molecule has 10 heteroatoms. The van der Waals surface area contributed by atoms with Crippen molar-refractivity contribution in [2.24, 2.45) is 0 Å². The maximum Gasteiger partial charge on any atom is 0.471 e. The Kier molecular flexibility index (Phi) is 2.60. The number of hydrogen-bond acceptors (Lipinski definition) is 6. The molecule has 0 saturated carbocycles. The normalized spacial score (nSPS) is 12.1. The Morgan fingerprint density at radius 2 is 2.19 bits per heavy atom. The molecule has 0 saturated heterocycles. The fourth-order valence-corrected chi connectivity index (χ4v) is 1.41. The smallest absolute Gasteiger partial charge is 0.382 e. The van der Waals surface area contributed by atoms with E-state index in [0.717, 1.165) is 0 Å². The molecule has 4 N–H and O–H groups in total. The van der Waals surface area contributed by atoms with Crippen LogP contribution in [0, 0.1) is 0 Å². The first-order valence-corrected chi connectivity index (χ1v) is 5.62. The van der Waals surface area contributed by atoms with Crippen molar-refractivity contribution >= 4 is 24.8 Å². The first kappa shape index (κ1) is 11.0. The number of phosphoric acid groups is 1. The Balaban J connectivity index is 2.32. The van der Waals surface area contributed by atoms with Crippen LogP contribution in [0.5, 0.6) is 0 Å². The molecule has 0 aliphatic carbocycles. The molecular formula is C6H8N5O4P. The molecule has 0 unspecified atom stereocenters. The Bertz CT molecular complexity index is 563. The molecule has 0 aromatic carbocycles. The van der Waals surface area contributed by atoms with Crippen LogP contribution in [-0.4, -0.2) is 29.3 Å². The molecular weight excluding hydrogens is 237 g/mol. The number of imidazole rings is 1. The predicted molar refractivity (Wildman–Crippen MR) is 52.9 cm³/mol. The third kappa shape index (κ3) is 2.17. The summed E-state index contributed by atoms with van der Waals surface area (Å²) in [6.07, 6.45) is 2.54. The Morgan fingerprint density at radius 3 is 2.88 bits per heavy atom. The van der Waals surface area contributed by atoms with Gasteiger partial charge in [0.05, 0.1) is 6.33 Å². The molecule has 0 spiro atoms. The lowest BCUT2D eigenvalue weighted by atomic mass is 10.5. The van der Waals surface area contributed by atoms with Gasteiger partial charge in [-0.25, -0.2) is 19.5 Å². The second-order valence-electron chi connectivity index (χ2n) is 2.89. The standard InChI is InChI=1S/C6H8N5O4P/c7-5-4-6(9-1-8-5)11(2-10-4)3-15-16(12,13)14/h1-2H,3H2,(H2,7,8,9)(H2,12,13,14). The number of rotatable bonds is 3. The number of hydrogen-bond donors (Lipinski definition) is 3. The Labute approximate surface area is 89.1 Å². The molecule has 2 aromatic rings. The zero-order valence-corrected chi connectivity index (χ0v) is 8.78. The molecule has 9 nitrogen and oxygen atoms in total. The number of fused-ring (bicyclic) bond motifs is 1. The third-order valence-electron chi connectivity index (χ3n) is 1.79. The van der Waals surface area contributed by atoms with Gasteiger partial charge in [0.2, 0.25) is 0 Å². The summed E-state index contributed by atoms with van der Waals surface area (Å²) in [6, 6.07) is 0. The van der Waals surface area contributed by atoms with E-state index in [4.69, 9.17) is 15.5 Å². The van der Waals surface area contributed by atoms with Gasteiger partial charge >= 0.3 is 7.82 Å². The zero-order chi connectivity index (χ0) is 11.8. The number of anilines is 1. The maximum atomic E-state index is 10.5. The van der Waals surface area contributed by atoms with Crippen LogP contribution in [0.4, 0.5) is 5.82 Å². The molecule has 0 fully saturated rings. The van der Waals surface area contributed by atoms with Crippen molar-refractivity contribution in [3.63, 3.8) is 0 Å². The molecule has 0 aliphatic rings. The van der Waals surface area contributed by atoms with Gasteiger partial charge in [0.25, 0.3) is 0 Å². The minimum atomic E-state index is -4.52. The lowest BCUT2D eigenvalue weighted by Gasteiger charge is -2.05. The van der Waals surface area contributed by atoms with E-state index in [0.29, 0.717) is 11.2 Å². The topological polar surface area (TPSA) is 136 Å². The molecule has 2 aromatic heterocycles. The van der Waals surface area contributed by atoms with Crippen LogP contribution in [0.1, 0.15) is 0 Å². The van der Waals surface area contributed by atoms with Crippen LogP contribution in [0.25, 0.3) is 11.2 Å². The second-order valence-corrected chi connectivity index (χ2v) is 4.13. The average Bonchev–Trinajstić information content (AvgIpc) is 2.58. The van der Waals surface area contributed by atoms with Gasteiger partial charge in [-0.3, -0.25) is 9.09 Å². The third-order valence-corrected chi connectivity index (χ3v) is 2.25. The Hall–Kier alpha value is -1.54. The highest BCUT2D eigenvalue weighted by Gasteiger charge is 2.15. The summed E-state index contributed by atoms with van der Waals surface area (Å²) in [7, 11) is -4.52. The lowest BCUT2D eigenvalue weighted by Crippen LogP contribution is -2.01. The van der Waals surface area contributed by atoms with Crippen LogP contribution >= 0.6 is 7.82 Å². The number of nitrogen functional groups attached to an aromatic ring is 1. The van der Waals surface area contributed by atoms with Crippen molar-refractivity contribution in [3.8, 4) is 0 Å². The van der Waals surface area contributed by atoms with Crippen molar-refractivity contribution in [1.29, 1.82) is 0 Å². The van der Waals surface area contributed by atoms with Gasteiger partial charge in [0, 0.05) is 0 Å². The molecule has 2 heterocycles. The summed E-state index contributed by atoms with van der Waals surface area (Å²) >= 11 is 0. The van der Waals surface area contributed by atoms with E-state index in [9.17, 15) is 4.57 Å². The summed E-state index contributed by atoms with van der Waals surface area (Å²) in [5.74, 6) is 0.194. The monoisotopic (exact) mass is 245 g/mol. The largest absolute Gasteiger partial charge is 0.471 e.